The van der Waals surface area contributed by atoms with Crippen LogP contribution in [-0.2, 0) is 14.3 Å². The quantitative estimate of drug-likeness (QED) is 0.464. The van der Waals surface area contributed by atoms with Gasteiger partial charge in [0.05, 0.1) is 12.8 Å². The fourth-order valence-electron chi connectivity index (χ4n) is 0.827. The minimum absolute atomic E-state index is 0.176. The summed E-state index contributed by atoms with van der Waals surface area (Å²) in [5, 5.41) is 8.36. The van der Waals surface area contributed by atoms with E-state index in [2.05, 4.69) is 6.58 Å². The number of carbonyl (C=O) groups excluding carboxylic acids is 1. The lowest BCUT2D eigenvalue weighted by atomic mass is 10.2. The van der Waals surface area contributed by atoms with Gasteiger partial charge in [0, 0.05) is 6.42 Å². The number of carbonyl (C=O) groups is 2. The van der Waals surface area contributed by atoms with Gasteiger partial charge < -0.3 is 9.84 Å². The maximum Gasteiger partial charge on any atom is 0.306 e. The van der Waals surface area contributed by atoms with Crippen LogP contribution < -0.4 is 0 Å². The summed E-state index contributed by atoms with van der Waals surface area (Å²) in [5.74, 6) is -1.81. The smallest absolute Gasteiger partial charge is 0.306 e. The van der Waals surface area contributed by atoms with Gasteiger partial charge in [0.2, 0.25) is 3.79 Å². The summed E-state index contributed by atoms with van der Waals surface area (Å²) in [6.07, 6.45) is 0.0755. The maximum atomic E-state index is 11.2. The van der Waals surface area contributed by atoms with E-state index < -0.39 is 21.8 Å². The van der Waals surface area contributed by atoms with Crippen LogP contribution in [0.15, 0.2) is 12.7 Å². The van der Waals surface area contributed by atoms with Crippen molar-refractivity contribution in [2.45, 2.75) is 29.2 Å². The van der Waals surface area contributed by atoms with E-state index in [1.807, 2.05) is 0 Å². The van der Waals surface area contributed by atoms with Gasteiger partial charge in [-0.2, -0.15) is 0 Å². The van der Waals surface area contributed by atoms with Crippen LogP contribution in [0.5, 0.6) is 0 Å². The fourth-order valence-corrected chi connectivity index (χ4v) is 1.23. The van der Waals surface area contributed by atoms with Crippen molar-refractivity contribution in [3.8, 4) is 0 Å². The van der Waals surface area contributed by atoms with Crippen molar-refractivity contribution in [1.82, 2.24) is 0 Å². The molecule has 0 fully saturated rings. The molecule has 0 saturated carbocycles. The summed E-state index contributed by atoms with van der Waals surface area (Å²) in [5.41, 5.74) is 0. The molecule has 0 bridgehead atoms. The predicted octanol–water partition coefficient (Wildman–Crippen LogP) is 2.71. The topological polar surface area (TPSA) is 63.6 Å². The third kappa shape index (κ3) is 6.93. The highest BCUT2D eigenvalue weighted by Gasteiger charge is 2.34. The van der Waals surface area contributed by atoms with Crippen LogP contribution in [0.25, 0.3) is 0 Å². The van der Waals surface area contributed by atoms with Crippen molar-refractivity contribution >= 4 is 46.7 Å². The van der Waals surface area contributed by atoms with E-state index in [9.17, 15) is 9.59 Å². The van der Waals surface area contributed by atoms with Gasteiger partial charge in [-0.1, -0.05) is 40.9 Å². The summed E-state index contributed by atoms with van der Waals surface area (Å²) >= 11 is 16.7. The van der Waals surface area contributed by atoms with Gasteiger partial charge in [0.15, 0.2) is 6.10 Å². The van der Waals surface area contributed by atoms with Crippen LogP contribution in [0.2, 0.25) is 0 Å². The zero-order valence-electron chi connectivity index (χ0n) is 8.29. The molecule has 0 radical (unpaired) electrons. The molecule has 0 saturated heterocycles. The summed E-state index contributed by atoms with van der Waals surface area (Å²) in [7, 11) is 0. The Hall–Kier alpha value is -0.450. The first-order valence-electron chi connectivity index (χ1n) is 4.36. The number of hydrogen-bond acceptors (Lipinski definition) is 3. The Labute approximate surface area is 108 Å². The number of esters is 1. The first kappa shape index (κ1) is 15.6. The molecule has 0 aromatic carbocycles. The number of halogens is 3. The standard InChI is InChI=1S/C9H11Cl3O4/c1-2-3-6(9(10,11)12)16-8(15)5-4-7(13)14/h2,6H,1,3-5H2,(H,13,14). The molecule has 0 aliphatic carbocycles. The normalized spacial score (nSPS) is 12.9. The molecule has 92 valence electrons. The molecule has 16 heavy (non-hydrogen) atoms. The van der Waals surface area contributed by atoms with E-state index >= 15 is 0 Å². The van der Waals surface area contributed by atoms with E-state index in [-0.39, 0.29) is 19.3 Å². The van der Waals surface area contributed by atoms with Crippen molar-refractivity contribution in [3.63, 3.8) is 0 Å². The minimum atomic E-state index is -1.76. The molecule has 1 unspecified atom stereocenters. The van der Waals surface area contributed by atoms with Crippen molar-refractivity contribution < 1.29 is 19.4 Å². The molecule has 0 aromatic rings. The van der Waals surface area contributed by atoms with Crippen LogP contribution in [-0.4, -0.2) is 26.9 Å². The number of aliphatic carboxylic acids is 1. The Morgan fingerprint density at radius 2 is 1.94 bits per heavy atom. The zero-order valence-corrected chi connectivity index (χ0v) is 10.6. The number of ether oxygens (including phenoxy) is 1. The monoisotopic (exact) mass is 288 g/mol. The second kappa shape index (κ2) is 6.99. The van der Waals surface area contributed by atoms with Gasteiger partial charge in [-0.15, -0.1) is 6.58 Å². The van der Waals surface area contributed by atoms with E-state index in [1.54, 1.807) is 0 Å². The number of hydrogen-bond donors (Lipinski definition) is 1. The van der Waals surface area contributed by atoms with Gasteiger partial charge in [-0.05, 0) is 0 Å². The second-order valence-corrected chi connectivity index (χ2v) is 5.31. The lowest BCUT2D eigenvalue weighted by Gasteiger charge is -2.23. The molecular formula is C9H11Cl3O4. The molecule has 0 aliphatic heterocycles. The number of alkyl halides is 3. The Balaban J connectivity index is 4.24. The largest absolute Gasteiger partial charge is 0.481 e. The van der Waals surface area contributed by atoms with Crippen LogP contribution in [0, 0.1) is 0 Å². The van der Waals surface area contributed by atoms with Crippen LogP contribution in [0.3, 0.4) is 0 Å². The fraction of sp³-hybridized carbons (Fsp3) is 0.556. The summed E-state index contributed by atoms with van der Waals surface area (Å²) in [6.45, 7) is 3.43. The lowest BCUT2D eigenvalue weighted by Crippen LogP contribution is -2.30. The molecule has 1 atom stereocenters. The first-order chi connectivity index (χ1) is 7.27. The maximum absolute atomic E-state index is 11.2. The molecular weight excluding hydrogens is 278 g/mol. The average Bonchev–Trinajstić information content (AvgIpc) is 2.12. The molecule has 0 heterocycles. The van der Waals surface area contributed by atoms with Gasteiger partial charge in [-0.25, -0.2) is 0 Å². The molecule has 0 aromatic heterocycles. The molecule has 0 amide bonds. The van der Waals surface area contributed by atoms with Crippen molar-refractivity contribution in [1.29, 1.82) is 0 Å². The van der Waals surface area contributed by atoms with Crippen molar-refractivity contribution in [3.05, 3.63) is 12.7 Å². The van der Waals surface area contributed by atoms with Gasteiger partial charge >= 0.3 is 11.9 Å². The molecule has 0 aliphatic rings. The third-order valence-electron chi connectivity index (χ3n) is 1.56. The SMILES string of the molecule is C=CCC(OC(=O)CCC(=O)O)C(Cl)(Cl)Cl. The number of carboxylic acids is 1. The minimum Gasteiger partial charge on any atom is -0.481 e. The average molecular weight is 290 g/mol. The third-order valence-corrected chi connectivity index (χ3v) is 2.29. The Bertz CT molecular complexity index is 272. The van der Waals surface area contributed by atoms with E-state index in [0.717, 1.165) is 0 Å². The van der Waals surface area contributed by atoms with Gasteiger partial charge in [0.25, 0.3) is 0 Å². The Kier molecular flexibility index (Phi) is 6.79. The summed E-state index contributed by atoms with van der Waals surface area (Å²) in [4.78, 5) is 21.4. The molecule has 1 N–H and O–H groups in total. The van der Waals surface area contributed by atoms with E-state index in [0.29, 0.717) is 0 Å². The highest BCUT2D eigenvalue weighted by Crippen LogP contribution is 2.34. The Morgan fingerprint density at radius 3 is 2.31 bits per heavy atom. The van der Waals surface area contributed by atoms with Crippen molar-refractivity contribution in [2.24, 2.45) is 0 Å². The highest BCUT2D eigenvalue weighted by atomic mass is 35.6. The van der Waals surface area contributed by atoms with Gasteiger partial charge in [0.1, 0.15) is 0 Å². The highest BCUT2D eigenvalue weighted by molar-refractivity contribution is 6.68. The van der Waals surface area contributed by atoms with Crippen LogP contribution in [0.4, 0.5) is 0 Å². The van der Waals surface area contributed by atoms with E-state index in [4.69, 9.17) is 44.6 Å². The first-order valence-corrected chi connectivity index (χ1v) is 5.49. The second-order valence-electron chi connectivity index (χ2n) is 2.94. The molecule has 4 nitrogen and oxygen atoms in total. The molecule has 7 heteroatoms. The molecule has 0 spiro atoms. The number of carboxylic acid groups (broad SMARTS) is 1. The summed E-state index contributed by atoms with van der Waals surface area (Å²) < 4.78 is 3.08. The summed E-state index contributed by atoms with van der Waals surface area (Å²) in [6, 6.07) is 0. The van der Waals surface area contributed by atoms with Gasteiger partial charge in [-0.3, -0.25) is 9.59 Å². The lowest BCUT2D eigenvalue weighted by molar-refractivity contribution is -0.151. The number of rotatable bonds is 6. The van der Waals surface area contributed by atoms with Crippen LogP contribution in [0.1, 0.15) is 19.3 Å². The Morgan fingerprint density at radius 1 is 1.38 bits per heavy atom. The zero-order chi connectivity index (χ0) is 12.8. The molecule has 0 rings (SSSR count). The van der Waals surface area contributed by atoms with E-state index in [1.165, 1.54) is 6.08 Å². The predicted molar refractivity (Wildman–Crippen MR) is 61.9 cm³/mol. The van der Waals surface area contributed by atoms with Crippen molar-refractivity contribution in [2.75, 3.05) is 0 Å². The van der Waals surface area contributed by atoms with Crippen LogP contribution >= 0.6 is 34.8 Å².